The molecule has 0 saturated heterocycles. The maximum absolute atomic E-state index is 13.9. The van der Waals surface area contributed by atoms with Crippen molar-refractivity contribution in [3.8, 4) is 0 Å². The molecule has 0 atom stereocenters. The normalized spacial score (nSPS) is 11.4. The summed E-state index contributed by atoms with van der Waals surface area (Å²) in [5.41, 5.74) is 1.53. The Morgan fingerprint density at radius 3 is 2.26 bits per heavy atom. The minimum atomic E-state index is -3.21. The summed E-state index contributed by atoms with van der Waals surface area (Å²) in [6.07, 6.45) is 3.22. The summed E-state index contributed by atoms with van der Waals surface area (Å²) in [5.74, 6) is -0.221. The van der Waals surface area contributed by atoms with Gasteiger partial charge in [0, 0.05) is 30.6 Å². The third kappa shape index (κ3) is 4.79. The van der Waals surface area contributed by atoms with Gasteiger partial charge in [0.1, 0.15) is 5.82 Å². The van der Waals surface area contributed by atoms with Crippen LogP contribution in [0.15, 0.2) is 53.4 Å². The van der Waals surface area contributed by atoms with Crippen molar-refractivity contribution in [2.24, 2.45) is 0 Å². The quantitative estimate of drug-likeness (QED) is 0.766. The number of halogens is 1. The van der Waals surface area contributed by atoms with E-state index in [-0.39, 0.29) is 5.82 Å². The minimum Gasteiger partial charge on any atom is -0.367 e. The molecule has 23 heavy (non-hydrogen) atoms. The zero-order valence-corrected chi connectivity index (χ0v) is 14.3. The molecule has 0 radical (unpaired) electrons. The maximum atomic E-state index is 13.9. The monoisotopic (exact) mass is 335 g/mol. The zero-order valence-electron chi connectivity index (χ0n) is 13.5. The van der Waals surface area contributed by atoms with Gasteiger partial charge in [-0.15, -0.1) is 0 Å². The summed E-state index contributed by atoms with van der Waals surface area (Å²) in [4.78, 5) is 2.37. The highest BCUT2D eigenvalue weighted by atomic mass is 32.2. The molecule has 0 aromatic heterocycles. The van der Waals surface area contributed by atoms with Gasteiger partial charge in [0.15, 0.2) is 9.84 Å². The van der Waals surface area contributed by atoms with Crippen molar-refractivity contribution in [2.45, 2.75) is 31.2 Å². The molecule has 0 spiro atoms. The van der Waals surface area contributed by atoms with Gasteiger partial charge in [0.25, 0.3) is 0 Å². The summed E-state index contributed by atoms with van der Waals surface area (Å²) < 4.78 is 37.0. The van der Waals surface area contributed by atoms with E-state index in [0.717, 1.165) is 25.1 Å². The lowest BCUT2D eigenvalue weighted by atomic mass is 10.1. The van der Waals surface area contributed by atoms with E-state index in [0.29, 0.717) is 17.0 Å². The van der Waals surface area contributed by atoms with Gasteiger partial charge >= 0.3 is 0 Å². The third-order valence-corrected chi connectivity index (χ3v) is 4.86. The Morgan fingerprint density at radius 1 is 1.04 bits per heavy atom. The molecule has 124 valence electrons. The first-order valence-electron chi connectivity index (χ1n) is 7.70. The molecule has 0 aliphatic heterocycles. The number of unbranched alkanes of at least 4 members (excludes halogenated alkanes) is 1. The van der Waals surface area contributed by atoms with Crippen LogP contribution in [0, 0.1) is 5.82 Å². The number of benzene rings is 2. The summed E-state index contributed by atoms with van der Waals surface area (Å²) in [7, 11) is -3.21. The lowest BCUT2D eigenvalue weighted by Crippen LogP contribution is -2.24. The van der Waals surface area contributed by atoms with Gasteiger partial charge in [0.2, 0.25) is 0 Å². The Hall–Kier alpha value is -1.88. The maximum Gasteiger partial charge on any atom is 0.175 e. The van der Waals surface area contributed by atoms with Crippen molar-refractivity contribution in [1.29, 1.82) is 0 Å². The molecule has 0 amide bonds. The van der Waals surface area contributed by atoms with Crippen molar-refractivity contribution in [3.05, 3.63) is 59.9 Å². The van der Waals surface area contributed by atoms with Gasteiger partial charge in [0.05, 0.1) is 4.90 Å². The van der Waals surface area contributed by atoms with Crippen LogP contribution in [-0.2, 0) is 16.4 Å². The van der Waals surface area contributed by atoms with Crippen molar-refractivity contribution in [3.63, 3.8) is 0 Å². The van der Waals surface area contributed by atoms with Gasteiger partial charge in [-0.1, -0.05) is 31.5 Å². The van der Waals surface area contributed by atoms with E-state index in [1.807, 2.05) is 6.07 Å². The second-order valence-corrected chi connectivity index (χ2v) is 7.65. The molecule has 0 aliphatic rings. The number of nitrogens with zero attached hydrogens (tertiary/aromatic N) is 1. The molecular formula is C18H22FNO2S. The van der Waals surface area contributed by atoms with E-state index >= 15 is 0 Å². The molecule has 2 aromatic rings. The zero-order chi connectivity index (χ0) is 16.9. The van der Waals surface area contributed by atoms with E-state index in [2.05, 4.69) is 11.8 Å². The predicted octanol–water partition coefficient (Wildman–Crippen LogP) is 4.04. The fourth-order valence-electron chi connectivity index (χ4n) is 2.38. The first-order chi connectivity index (χ1) is 10.9. The van der Waals surface area contributed by atoms with Gasteiger partial charge in [-0.3, -0.25) is 0 Å². The summed E-state index contributed by atoms with van der Waals surface area (Å²) in [6, 6.07) is 13.5. The molecule has 0 fully saturated rings. The first-order valence-corrected chi connectivity index (χ1v) is 9.59. The van der Waals surface area contributed by atoms with Crippen molar-refractivity contribution in [2.75, 3.05) is 17.7 Å². The second kappa shape index (κ2) is 7.59. The molecule has 0 bridgehead atoms. The third-order valence-electron chi connectivity index (χ3n) is 3.73. The minimum absolute atomic E-state index is 0.221. The Balaban J connectivity index is 2.26. The molecule has 5 heteroatoms. The highest BCUT2D eigenvalue weighted by Gasteiger charge is 2.12. The van der Waals surface area contributed by atoms with Crippen LogP contribution in [0.5, 0.6) is 0 Å². The standard InChI is InChI=1S/C18H22FNO2S/c1-3-4-13-20(14-15-7-5-6-8-18(15)19)16-9-11-17(12-10-16)23(2,21)22/h5-12H,3-4,13-14H2,1-2H3. The van der Waals surface area contributed by atoms with Gasteiger partial charge in [-0.25, -0.2) is 12.8 Å². The average molecular weight is 335 g/mol. The number of hydrogen-bond acceptors (Lipinski definition) is 3. The van der Waals surface area contributed by atoms with Crippen LogP contribution in [0.2, 0.25) is 0 Å². The number of sulfone groups is 1. The second-order valence-electron chi connectivity index (χ2n) is 5.63. The smallest absolute Gasteiger partial charge is 0.175 e. The molecule has 2 aromatic carbocycles. The van der Waals surface area contributed by atoms with Crippen LogP contribution in [0.25, 0.3) is 0 Å². The fraction of sp³-hybridized carbons (Fsp3) is 0.333. The Morgan fingerprint density at radius 2 is 1.70 bits per heavy atom. The summed E-state index contributed by atoms with van der Waals surface area (Å²) in [5, 5.41) is 0. The Bertz CT molecular complexity index is 742. The van der Waals surface area contributed by atoms with Crippen LogP contribution >= 0.6 is 0 Å². The predicted molar refractivity (Wildman–Crippen MR) is 91.9 cm³/mol. The van der Waals surface area contributed by atoms with Gasteiger partial charge in [-0.05, 0) is 36.8 Å². The average Bonchev–Trinajstić information content (AvgIpc) is 2.52. The van der Waals surface area contributed by atoms with E-state index in [1.165, 1.54) is 12.3 Å². The van der Waals surface area contributed by atoms with Gasteiger partial charge < -0.3 is 4.90 Å². The molecule has 0 heterocycles. The molecule has 0 N–H and O–H groups in total. The van der Waals surface area contributed by atoms with E-state index in [4.69, 9.17) is 0 Å². The highest BCUT2D eigenvalue weighted by molar-refractivity contribution is 7.90. The largest absolute Gasteiger partial charge is 0.367 e. The van der Waals surface area contributed by atoms with E-state index in [9.17, 15) is 12.8 Å². The van der Waals surface area contributed by atoms with Gasteiger partial charge in [-0.2, -0.15) is 0 Å². The topological polar surface area (TPSA) is 37.4 Å². The van der Waals surface area contributed by atoms with Crippen LogP contribution in [0.3, 0.4) is 0 Å². The molecule has 2 rings (SSSR count). The lowest BCUT2D eigenvalue weighted by molar-refractivity contribution is 0.601. The van der Waals surface area contributed by atoms with Crippen molar-refractivity contribution >= 4 is 15.5 Å². The van der Waals surface area contributed by atoms with Crippen LogP contribution < -0.4 is 4.90 Å². The number of rotatable bonds is 7. The molecule has 0 unspecified atom stereocenters. The summed E-state index contributed by atoms with van der Waals surface area (Å²) >= 11 is 0. The first kappa shape index (κ1) is 17.5. The Kier molecular flexibility index (Phi) is 5.77. The van der Waals surface area contributed by atoms with Crippen LogP contribution in [0.1, 0.15) is 25.3 Å². The number of hydrogen-bond donors (Lipinski definition) is 0. The molecule has 0 saturated carbocycles. The SMILES string of the molecule is CCCCN(Cc1ccccc1F)c1ccc(S(C)(=O)=O)cc1. The van der Waals surface area contributed by atoms with Crippen LogP contribution in [-0.4, -0.2) is 21.2 Å². The van der Waals surface area contributed by atoms with Crippen molar-refractivity contribution < 1.29 is 12.8 Å². The molecular weight excluding hydrogens is 313 g/mol. The highest BCUT2D eigenvalue weighted by Crippen LogP contribution is 2.21. The van der Waals surface area contributed by atoms with Crippen LogP contribution in [0.4, 0.5) is 10.1 Å². The lowest BCUT2D eigenvalue weighted by Gasteiger charge is -2.25. The molecule has 0 aliphatic carbocycles. The van der Waals surface area contributed by atoms with Crippen molar-refractivity contribution in [1.82, 2.24) is 0 Å². The summed E-state index contributed by atoms with van der Waals surface area (Å²) in [6.45, 7) is 3.36. The Labute approximate surface area is 137 Å². The van der Waals surface area contributed by atoms with E-state index < -0.39 is 9.84 Å². The number of anilines is 1. The van der Waals surface area contributed by atoms with E-state index in [1.54, 1.807) is 36.4 Å². The molecule has 3 nitrogen and oxygen atoms in total. The fourth-order valence-corrected chi connectivity index (χ4v) is 3.02.